The zero-order valence-electron chi connectivity index (χ0n) is 16.3. The van der Waals surface area contributed by atoms with Gasteiger partial charge in [0.15, 0.2) is 5.76 Å². The Morgan fingerprint density at radius 3 is 2.83 bits per heavy atom. The average Bonchev–Trinajstić information content (AvgIpc) is 3.22. The van der Waals surface area contributed by atoms with E-state index in [2.05, 4.69) is 0 Å². The molecule has 2 aliphatic rings. The van der Waals surface area contributed by atoms with Gasteiger partial charge in [-0.25, -0.2) is 0 Å². The number of pyridine rings is 1. The number of hydrogen-bond acceptors (Lipinski definition) is 4. The average molecular weight is 425 g/mol. The van der Waals surface area contributed by atoms with E-state index in [-0.39, 0.29) is 29.9 Å². The first-order valence-corrected chi connectivity index (χ1v) is 10.4. The fourth-order valence-electron chi connectivity index (χ4n) is 4.58. The molecule has 2 unspecified atom stereocenters. The lowest BCUT2D eigenvalue weighted by atomic mass is 9.83. The van der Waals surface area contributed by atoms with Crippen molar-refractivity contribution in [3.05, 3.63) is 87.2 Å². The maximum absolute atomic E-state index is 13.3. The summed E-state index contributed by atoms with van der Waals surface area (Å²) in [7, 11) is 0. The SMILES string of the molecule is O=C(c1ccoc1COc1ccccc1Cl)N1CC2CC(C1)c1cccc(=O)n1C2. The second-order valence-corrected chi connectivity index (χ2v) is 8.29. The van der Waals surface area contributed by atoms with E-state index >= 15 is 0 Å². The lowest BCUT2D eigenvalue weighted by Gasteiger charge is -2.42. The molecular weight excluding hydrogens is 404 g/mol. The Bertz CT molecular complexity index is 1150. The molecule has 0 radical (unpaired) electrons. The molecule has 2 bridgehead atoms. The number of halogens is 1. The van der Waals surface area contributed by atoms with Gasteiger partial charge in [-0.1, -0.05) is 29.8 Å². The van der Waals surface area contributed by atoms with Gasteiger partial charge in [-0.05, 0) is 36.6 Å². The van der Waals surface area contributed by atoms with Gasteiger partial charge >= 0.3 is 0 Å². The first-order chi connectivity index (χ1) is 14.6. The van der Waals surface area contributed by atoms with Crippen molar-refractivity contribution >= 4 is 17.5 Å². The number of amides is 1. The van der Waals surface area contributed by atoms with Crippen LogP contribution in [-0.4, -0.2) is 28.5 Å². The van der Waals surface area contributed by atoms with E-state index in [4.69, 9.17) is 20.8 Å². The van der Waals surface area contributed by atoms with Crippen molar-refractivity contribution in [3.63, 3.8) is 0 Å². The Labute approximate surface area is 178 Å². The number of carbonyl (C=O) groups excluding carboxylic acids is 1. The number of carbonyl (C=O) groups is 1. The molecule has 5 rings (SSSR count). The summed E-state index contributed by atoms with van der Waals surface area (Å²) in [6.07, 6.45) is 2.51. The van der Waals surface area contributed by atoms with Crippen LogP contribution < -0.4 is 10.3 Å². The number of fused-ring (bicyclic) bond motifs is 4. The number of nitrogens with zero attached hydrogens (tertiary/aromatic N) is 2. The largest absolute Gasteiger partial charge is 0.484 e. The van der Waals surface area contributed by atoms with Crippen LogP contribution in [0, 0.1) is 5.92 Å². The first-order valence-electron chi connectivity index (χ1n) is 10.0. The summed E-state index contributed by atoms with van der Waals surface area (Å²) in [5.41, 5.74) is 1.56. The van der Waals surface area contributed by atoms with E-state index in [1.165, 1.54) is 6.26 Å². The van der Waals surface area contributed by atoms with Gasteiger partial charge in [-0.3, -0.25) is 9.59 Å². The van der Waals surface area contributed by atoms with Crippen molar-refractivity contribution < 1.29 is 13.9 Å². The van der Waals surface area contributed by atoms with Crippen LogP contribution >= 0.6 is 11.6 Å². The highest BCUT2D eigenvalue weighted by Crippen LogP contribution is 2.35. The number of piperidine rings is 1. The summed E-state index contributed by atoms with van der Waals surface area (Å²) < 4.78 is 13.2. The molecule has 1 aromatic carbocycles. The molecule has 154 valence electrons. The minimum atomic E-state index is -0.0667. The van der Waals surface area contributed by atoms with E-state index in [0.29, 0.717) is 41.7 Å². The topological polar surface area (TPSA) is 64.7 Å². The van der Waals surface area contributed by atoms with E-state index in [1.54, 1.807) is 30.3 Å². The molecular formula is C23H21ClN2O4. The van der Waals surface area contributed by atoms with Gasteiger partial charge in [0.1, 0.15) is 12.4 Å². The molecule has 1 amide bonds. The van der Waals surface area contributed by atoms with E-state index in [0.717, 1.165) is 12.1 Å². The van der Waals surface area contributed by atoms with Crippen LogP contribution in [0.5, 0.6) is 5.75 Å². The molecule has 2 atom stereocenters. The molecule has 6 nitrogen and oxygen atoms in total. The molecule has 1 saturated heterocycles. The highest BCUT2D eigenvalue weighted by molar-refractivity contribution is 6.32. The van der Waals surface area contributed by atoms with Crippen LogP contribution in [-0.2, 0) is 13.2 Å². The van der Waals surface area contributed by atoms with Crippen LogP contribution in [0.1, 0.15) is 34.2 Å². The highest BCUT2D eigenvalue weighted by atomic mass is 35.5. The number of rotatable bonds is 4. The van der Waals surface area contributed by atoms with Gasteiger partial charge in [-0.2, -0.15) is 0 Å². The predicted molar refractivity (Wildman–Crippen MR) is 112 cm³/mol. The third-order valence-corrected chi connectivity index (χ3v) is 6.25. The number of para-hydroxylation sites is 1. The van der Waals surface area contributed by atoms with Crippen LogP contribution in [0.3, 0.4) is 0 Å². The standard InChI is InChI=1S/C23H21ClN2O4/c24-18-4-1-2-6-20(18)30-14-21-17(8-9-29-21)23(28)25-11-15-10-16(13-25)19-5-3-7-22(27)26(19)12-15/h1-9,15-16H,10-14H2. The Hall–Kier alpha value is -2.99. The summed E-state index contributed by atoms with van der Waals surface area (Å²) in [5, 5.41) is 0.509. The van der Waals surface area contributed by atoms with Crippen molar-refractivity contribution in [1.82, 2.24) is 9.47 Å². The van der Waals surface area contributed by atoms with E-state index in [9.17, 15) is 9.59 Å². The number of benzene rings is 1. The maximum Gasteiger partial charge on any atom is 0.257 e. The summed E-state index contributed by atoms with van der Waals surface area (Å²) in [6, 6.07) is 14.3. The first kappa shape index (κ1) is 19.0. The Morgan fingerprint density at radius 1 is 1.10 bits per heavy atom. The predicted octanol–water partition coefficient (Wildman–Crippen LogP) is 3.93. The molecule has 4 heterocycles. The van der Waals surface area contributed by atoms with Crippen molar-refractivity contribution in [2.24, 2.45) is 5.92 Å². The van der Waals surface area contributed by atoms with Crippen molar-refractivity contribution in [1.29, 1.82) is 0 Å². The minimum Gasteiger partial charge on any atom is -0.484 e. The van der Waals surface area contributed by atoms with Gasteiger partial charge in [0.25, 0.3) is 11.5 Å². The molecule has 7 heteroatoms. The lowest BCUT2D eigenvalue weighted by molar-refractivity contribution is 0.0590. The van der Waals surface area contributed by atoms with Gasteiger partial charge in [0, 0.05) is 37.3 Å². The van der Waals surface area contributed by atoms with Gasteiger partial charge in [-0.15, -0.1) is 0 Å². The molecule has 3 aromatic rings. The summed E-state index contributed by atoms with van der Waals surface area (Å²) in [6.45, 7) is 2.00. The highest BCUT2D eigenvalue weighted by Gasteiger charge is 2.37. The second-order valence-electron chi connectivity index (χ2n) is 7.88. The van der Waals surface area contributed by atoms with Gasteiger partial charge < -0.3 is 18.6 Å². The van der Waals surface area contributed by atoms with Crippen LogP contribution in [0.4, 0.5) is 0 Å². The Balaban J connectivity index is 1.34. The second kappa shape index (κ2) is 7.69. The van der Waals surface area contributed by atoms with Crippen LogP contribution in [0.25, 0.3) is 0 Å². The summed E-state index contributed by atoms with van der Waals surface area (Å²) >= 11 is 6.14. The third-order valence-electron chi connectivity index (χ3n) is 5.94. The molecule has 0 N–H and O–H groups in total. The molecule has 1 fully saturated rings. The molecule has 2 aliphatic heterocycles. The smallest absolute Gasteiger partial charge is 0.257 e. The fourth-order valence-corrected chi connectivity index (χ4v) is 4.77. The minimum absolute atomic E-state index is 0.0378. The fraction of sp³-hybridized carbons (Fsp3) is 0.304. The summed E-state index contributed by atoms with van der Waals surface area (Å²) in [4.78, 5) is 27.4. The van der Waals surface area contributed by atoms with Gasteiger partial charge in [0.05, 0.1) is 16.8 Å². The number of furan rings is 1. The molecule has 30 heavy (non-hydrogen) atoms. The monoisotopic (exact) mass is 424 g/mol. The zero-order valence-corrected chi connectivity index (χ0v) is 17.0. The maximum atomic E-state index is 13.3. The van der Waals surface area contributed by atoms with Gasteiger partial charge in [0.2, 0.25) is 0 Å². The molecule has 0 spiro atoms. The third kappa shape index (κ3) is 3.41. The van der Waals surface area contributed by atoms with Crippen LogP contribution in [0.15, 0.2) is 64.0 Å². The van der Waals surface area contributed by atoms with E-state index in [1.807, 2.05) is 27.7 Å². The Morgan fingerprint density at radius 2 is 1.97 bits per heavy atom. The molecule has 0 saturated carbocycles. The lowest BCUT2D eigenvalue weighted by Crippen LogP contribution is -2.49. The zero-order chi connectivity index (χ0) is 20.7. The van der Waals surface area contributed by atoms with Crippen molar-refractivity contribution in [3.8, 4) is 5.75 Å². The number of hydrogen-bond donors (Lipinski definition) is 0. The van der Waals surface area contributed by atoms with E-state index < -0.39 is 0 Å². The number of ether oxygens (including phenoxy) is 1. The number of likely N-dealkylation sites (tertiary alicyclic amines) is 1. The molecule has 0 aliphatic carbocycles. The van der Waals surface area contributed by atoms with Crippen molar-refractivity contribution in [2.75, 3.05) is 13.1 Å². The Kier molecular flexibility index (Phi) is 4.87. The van der Waals surface area contributed by atoms with Crippen molar-refractivity contribution in [2.45, 2.75) is 25.5 Å². The molecule has 2 aromatic heterocycles. The number of aromatic nitrogens is 1. The summed E-state index contributed by atoms with van der Waals surface area (Å²) in [5.74, 6) is 1.40. The normalized spacial score (nSPS) is 20.0. The quantitative estimate of drug-likeness (QED) is 0.636. The van der Waals surface area contributed by atoms with Crippen LogP contribution in [0.2, 0.25) is 5.02 Å².